The summed E-state index contributed by atoms with van der Waals surface area (Å²) in [5, 5.41) is 0. The third-order valence-electron chi connectivity index (χ3n) is 3.80. The van der Waals surface area contributed by atoms with Gasteiger partial charge < -0.3 is 10.5 Å². The molecule has 0 aliphatic carbocycles. The Balaban J connectivity index is 1.64. The average Bonchev–Trinajstić information content (AvgIpc) is 2.94. The van der Waals surface area contributed by atoms with Crippen molar-refractivity contribution in [1.29, 1.82) is 0 Å². The van der Waals surface area contributed by atoms with Crippen molar-refractivity contribution in [3.8, 4) is 5.75 Å². The van der Waals surface area contributed by atoms with Gasteiger partial charge in [-0.15, -0.1) is 0 Å². The SMILES string of the molecule is NC(CCc1ccccn1)Cc1cc(Br)cc2c1OCC2. The van der Waals surface area contributed by atoms with E-state index in [1.54, 1.807) is 0 Å². The van der Waals surface area contributed by atoms with Gasteiger partial charge in [0.1, 0.15) is 5.75 Å². The Kier molecular flexibility index (Phi) is 4.56. The van der Waals surface area contributed by atoms with Gasteiger partial charge in [-0.1, -0.05) is 22.0 Å². The van der Waals surface area contributed by atoms with Crippen molar-refractivity contribution in [2.24, 2.45) is 5.73 Å². The van der Waals surface area contributed by atoms with E-state index in [0.717, 1.165) is 48.2 Å². The molecule has 1 aliphatic heterocycles. The third kappa shape index (κ3) is 3.63. The summed E-state index contributed by atoms with van der Waals surface area (Å²) in [5.41, 5.74) is 9.90. The van der Waals surface area contributed by atoms with Crippen LogP contribution in [0.2, 0.25) is 0 Å². The highest BCUT2D eigenvalue weighted by Crippen LogP contribution is 2.33. The molecule has 0 spiro atoms. The van der Waals surface area contributed by atoms with Gasteiger partial charge in [0.15, 0.2) is 0 Å². The lowest BCUT2D eigenvalue weighted by Crippen LogP contribution is -2.24. The van der Waals surface area contributed by atoms with E-state index in [1.165, 1.54) is 11.1 Å². The number of nitrogens with two attached hydrogens (primary N) is 1. The van der Waals surface area contributed by atoms with E-state index in [2.05, 4.69) is 33.0 Å². The minimum atomic E-state index is 0.120. The Labute approximate surface area is 133 Å². The van der Waals surface area contributed by atoms with Crippen molar-refractivity contribution in [3.63, 3.8) is 0 Å². The summed E-state index contributed by atoms with van der Waals surface area (Å²) < 4.78 is 6.87. The molecular weight excluding hydrogens is 328 g/mol. The van der Waals surface area contributed by atoms with Gasteiger partial charge in [-0.2, -0.15) is 0 Å². The first kappa shape index (κ1) is 14.5. The number of hydrogen-bond acceptors (Lipinski definition) is 3. The Morgan fingerprint density at radius 1 is 1.33 bits per heavy atom. The second-order valence-corrected chi connectivity index (χ2v) is 6.39. The standard InChI is InChI=1S/C17H19BrN2O/c18-14-9-12-6-8-21-17(12)13(10-14)11-15(19)4-5-16-3-1-2-7-20-16/h1-3,7,9-10,15H,4-6,8,11,19H2. The van der Waals surface area contributed by atoms with Crippen LogP contribution in [0.5, 0.6) is 5.75 Å². The van der Waals surface area contributed by atoms with E-state index in [1.807, 2.05) is 24.4 Å². The van der Waals surface area contributed by atoms with Gasteiger partial charge in [-0.25, -0.2) is 0 Å². The van der Waals surface area contributed by atoms with Crippen LogP contribution in [-0.2, 0) is 19.3 Å². The molecule has 110 valence electrons. The molecule has 21 heavy (non-hydrogen) atoms. The highest BCUT2D eigenvalue weighted by molar-refractivity contribution is 9.10. The predicted molar refractivity (Wildman–Crippen MR) is 87.6 cm³/mol. The Morgan fingerprint density at radius 3 is 3.05 bits per heavy atom. The summed E-state index contributed by atoms with van der Waals surface area (Å²) in [6, 6.07) is 10.4. The second-order valence-electron chi connectivity index (χ2n) is 5.48. The molecule has 4 heteroatoms. The number of ether oxygens (including phenoxy) is 1. The molecule has 0 amide bonds. The van der Waals surface area contributed by atoms with Crippen molar-refractivity contribution in [3.05, 3.63) is 57.8 Å². The van der Waals surface area contributed by atoms with Crippen LogP contribution >= 0.6 is 15.9 Å². The summed E-state index contributed by atoms with van der Waals surface area (Å²) in [4.78, 5) is 4.34. The third-order valence-corrected chi connectivity index (χ3v) is 4.26. The summed E-state index contributed by atoms with van der Waals surface area (Å²) in [6.07, 6.45) is 5.51. The zero-order chi connectivity index (χ0) is 14.7. The van der Waals surface area contributed by atoms with Crippen molar-refractivity contribution >= 4 is 15.9 Å². The number of nitrogens with zero attached hydrogens (tertiary/aromatic N) is 1. The van der Waals surface area contributed by atoms with E-state index < -0.39 is 0 Å². The van der Waals surface area contributed by atoms with Crippen molar-refractivity contribution < 1.29 is 4.74 Å². The number of rotatable bonds is 5. The van der Waals surface area contributed by atoms with E-state index in [9.17, 15) is 0 Å². The lowest BCUT2D eigenvalue weighted by Gasteiger charge is -2.14. The molecule has 3 nitrogen and oxygen atoms in total. The quantitative estimate of drug-likeness (QED) is 0.903. The summed E-state index contributed by atoms with van der Waals surface area (Å²) in [5.74, 6) is 1.05. The van der Waals surface area contributed by atoms with Crippen molar-refractivity contribution in [2.45, 2.75) is 31.7 Å². The maximum Gasteiger partial charge on any atom is 0.125 e. The van der Waals surface area contributed by atoms with Gasteiger partial charge in [-0.3, -0.25) is 4.98 Å². The van der Waals surface area contributed by atoms with Gasteiger partial charge in [0, 0.05) is 28.8 Å². The molecule has 1 aliphatic rings. The number of halogens is 1. The van der Waals surface area contributed by atoms with Crippen LogP contribution in [0.15, 0.2) is 41.0 Å². The van der Waals surface area contributed by atoms with E-state index in [4.69, 9.17) is 10.5 Å². The highest BCUT2D eigenvalue weighted by Gasteiger charge is 2.19. The predicted octanol–water partition coefficient (Wildman–Crippen LogP) is 3.28. The van der Waals surface area contributed by atoms with E-state index in [0.29, 0.717) is 0 Å². The smallest absolute Gasteiger partial charge is 0.125 e. The van der Waals surface area contributed by atoms with Gasteiger partial charge >= 0.3 is 0 Å². The maximum absolute atomic E-state index is 6.30. The minimum absolute atomic E-state index is 0.120. The molecule has 0 saturated carbocycles. The molecule has 1 aromatic heterocycles. The van der Waals surface area contributed by atoms with Gasteiger partial charge in [0.25, 0.3) is 0 Å². The van der Waals surface area contributed by atoms with Crippen LogP contribution in [0.3, 0.4) is 0 Å². The zero-order valence-corrected chi connectivity index (χ0v) is 13.5. The monoisotopic (exact) mass is 346 g/mol. The first-order chi connectivity index (χ1) is 10.2. The fraction of sp³-hybridized carbons (Fsp3) is 0.353. The normalized spacial score (nSPS) is 14.6. The Morgan fingerprint density at radius 2 is 2.24 bits per heavy atom. The number of benzene rings is 1. The number of aromatic nitrogens is 1. The molecule has 2 N–H and O–H groups in total. The average molecular weight is 347 g/mol. The summed E-state index contributed by atoms with van der Waals surface area (Å²) >= 11 is 3.58. The van der Waals surface area contributed by atoms with Crippen LogP contribution in [0.1, 0.15) is 23.2 Å². The van der Waals surface area contributed by atoms with Crippen LogP contribution < -0.4 is 10.5 Å². The fourth-order valence-electron chi connectivity index (χ4n) is 2.76. The molecule has 3 rings (SSSR count). The minimum Gasteiger partial charge on any atom is -0.493 e. The fourth-order valence-corrected chi connectivity index (χ4v) is 3.31. The molecule has 1 atom stereocenters. The van der Waals surface area contributed by atoms with E-state index in [-0.39, 0.29) is 6.04 Å². The molecular formula is C17H19BrN2O. The Bertz CT molecular complexity index is 616. The van der Waals surface area contributed by atoms with Gasteiger partial charge in [0.2, 0.25) is 0 Å². The lowest BCUT2D eigenvalue weighted by molar-refractivity contribution is 0.352. The molecule has 0 saturated heterocycles. The molecule has 2 aromatic rings. The number of pyridine rings is 1. The van der Waals surface area contributed by atoms with Gasteiger partial charge in [0.05, 0.1) is 6.61 Å². The van der Waals surface area contributed by atoms with Crippen molar-refractivity contribution in [2.75, 3.05) is 6.61 Å². The van der Waals surface area contributed by atoms with Crippen LogP contribution in [-0.4, -0.2) is 17.6 Å². The topological polar surface area (TPSA) is 48.1 Å². The number of aryl methyl sites for hydroxylation is 1. The van der Waals surface area contributed by atoms with Crippen LogP contribution in [0.4, 0.5) is 0 Å². The summed E-state index contributed by atoms with van der Waals surface area (Å²) in [6.45, 7) is 0.780. The molecule has 1 unspecified atom stereocenters. The highest BCUT2D eigenvalue weighted by atomic mass is 79.9. The zero-order valence-electron chi connectivity index (χ0n) is 11.9. The largest absolute Gasteiger partial charge is 0.493 e. The molecule has 0 fully saturated rings. The molecule has 0 radical (unpaired) electrons. The number of hydrogen-bond donors (Lipinski definition) is 1. The Hall–Kier alpha value is -1.39. The lowest BCUT2D eigenvalue weighted by atomic mass is 9.99. The van der Waals surface area contributed by atoms with Gasteiger partial charge in [-0.05, 0) is 54.7 Å². The molecule has 0 bridgehead atoms. The van der Waals surface area contributed by atoms with Crippen LogP contribution in [0, 0.1) is 0 Å². The maximum atomic E-state index is 6.30. The second kappa shape index (κ2) is 6.58. The first-order valence-electron chi connectivity index (χ1n) is 7.32. The number of fused-ring (bicyclic) bond motifs is 1. The van der Waals surface area contributed by atoms with E-state index >= 15 is 0 Å². The van der Waals surface area contributed by atoms with Crippen LogP contribution in [0.25, 0.3) is 0 Å². The first-order valence-corrected chi connectivity index (χ1v) is 8.11. The van der Waals surface area contributed by atoms with Crippen molar-refractivity contribution in [1.82, 2.24) is 4.98 Å². The summed E-state index contributed by atoms with van der Waals surface area (Å²) in [7, 11) is 0. The molecule has 2 heterocycles. The molecule has 1 aromatic carbocycles.